The number of carboxylic acid groups (broad SMARTS) is 1. The topological polar surface area (TPSA) is 81.4 Å². The molecule has 0 aliphatic heterocycles. The van der Waals surface area contributed by atoms with Crippen LogP contribution in [-0.4, -0.2) is 32.0 Å². The number of aryl methyl sites for hydroxylation is 3. The summed E-state index contributed by atoms with van der Waals surface area (Å²) in [7, 11) is 0. The summed E-state index contributed by atoms with van der Waals surface area (Å²) >= 11 is 0. The Labute approximate surface area is 205 Å². The van der Waals surface area contributed by atoms with Gasteiger partial charge in [0.15, 0.2) is 11.4 Å². The molecule has 0 saturated heterocycles. The van der Waals surface area contributed by atoms with E-state index in [4.69, 9.17) is 4.74 Å². The first-order valence-electron chi connectivity index (χ1n) is 11.8. The number of hydrogen-bond donors (Lipinski definition) is 1. The number of carbonyl (C=O) groups excluding carboxylic acids is 1. The molecule has 0 amide bonds. The standard InChI is InChI=1S/C29H30N2O4/c1-20-10-16-23(17-11-20)26(32)27-30-24-8-4-5-9-25(24)31(27)18-6-7-21-12-14-22(15-13-21)19-35-29(2,3)28(33)34/h4-5,8-17H,6-7,18-19H2,1-3H3,(H,33,34). The summed E-state index contributed by atoms with van der Waals surface area (Å²) in [5.74, 6) is -0.597. The number of aliphatic carboxylic acids is 1. The first kappa shape index (κ1) is 24.4. The molecule has 4 rings (SSSR count). The van der Waals surface area contributed by atoms with E-state index in [9.17, 15) is 14.7 Å². The maximum absolute atomic E-state index is 13.3. The lowest BCUT2D eigenvalue weighted by atomic mass is 10.1. The maximum atomic E-state index is 13.3. The Hall–Kier alpha value is -3.77. The molecule has 6 nitrogen and oxygen atoms in total. The zero-order chi connectivity index (χ0) is 25.0. The van der Waals surface area contributed by atoms with E-state index >= 15 is 0 Å². The first-order valence-corrected chi connectivity index (χ1v) is 11.8. The summed E-state index contributed by atoms with van der Waals surface area (Å²) in [6.45, 7) is 6.00. The monoisotopic (exact) mass is 470 g/mol. The van der Waals surface area contributed by atoms with Gasteiger partial charge in [-0.3, -0.25) is 4.79 Å². The number of hydrogen-bond acceptors (Lipinski definition) is 4. The number of ether oxygens (including phenoxy) is 1. The van der Waals surface area contributed by atoms with Crippen molar-refractivity contribution in [1.29, 1.82) is 0 Å². The third-order valence-electron chi connectivity index (χ3n) is 6.16. The summed E-state index contributed by atoms with van der Waals surface area (Å²) in [5.41, 5.74) is 4.39. The minimum atomic E-state index is -1.22. The van der Waals surface area contributed by atoms with Gasteiger partial charge in [0.25, 0.3) is 0 Å². The number of fused-ring (bicyclic) bond motifs is 1. The van der Waals surface area contributed by atoms with Crippen molar-refractivity contribution < 1.29 is 19.4 Å². The van der Waals surface area contributed by atoms with Gasteiger partial charge >= 0.3 is 5.97 Å². The summed E-state index contributed by atoms with van der Waals surface area (Å²) in [5, 5.41) is 9.18. The first-order chi connectivity index (χ1) is 16.7. The third-order valence-corrected chi connectivity index (χ3v) is 6.16. The molecule has 0 spiro atoms. The summed E-state index contributed by atoms with van der Waals surface area (Å²) < 4.78 is 7.55. The van der Waals surface area contributed by atoms with Gasteiger partial charge in [-0.15, -0.1) is 0 Å². The molecule has 0 atom stereocenters. The van der Waals surface area contributed by atoms with Gasteiger partial charge in [0.05, 0.1) is 17.6 Å². The Bertz CT molecular complexity index is 1340. The fourth-order valence-electron chi connectivity index (χ4n) is 3.88. The van der Waals surface area contributed by atoms with Gasteiger partial charge in [0, 0.05) is 12.1 Å². The number of rotatable bonds is 10. The van der Waals surface area contributed by atoms with Crippen molar-refractivity contribution in [2.45, 2.75) is 52.4 Å². The van der Waals surface area contributed by atoms with E-state index in [0.29, 0.717) is 17.9 Å². The summed E-state index contributed by atoms with van der Waals surface area (Å²) in [6.07, 6.45) is 1.68. The van der Waals surface area contributed by atoms with Gasteiger partial charge in [0.1, 0.15) is 0 Å². The highest BCUT2D eigenvalue weighted by Gasteiger charge is 2.27. The molecule has 0 aliphatic carbocycles. The fraction of sp³-hybridized carbons (Fsp3) is 0.276. The molecule has 0 saturated carbocycles. The minimum Gasteiger partial charge on any atom is -0.479 e. The molecule has 0 fully saturated rings. The number of aromatic nitrogens is 2. The van der Waals surface area contributed by atoms with Gasteiger partial charge in [-0.2, -0.15) is 0 Å². The highest BCUT2D eigenvalue weighted by Crippen LogP contribution is 2.21. The van der Waals surface area contributed by atoms with Crippen molar-refractivity contribution in [2.75, 3.05) is 0 Å². The van der Waals surface area contributed by atoms with Crippen LogP contribution in [0.5, 0.6) is 0 Å². The molecule has 180 valence electrons. The van der Waals surface area contributed by atoms with Crippen LogP contribution >= 0.6 is 0 Å². The Kier molecular flexibility index (Phi) is 7.12. The van der Waals surface area contributed by atoms with Crippen LogP contribution in [0.15, 0.2) is 72.8 Å². The lowest BCUT2D eigenvalue weighted by Crippen LogP contribution is -2.34. The third kappa shape index (κ3) is 5.66. The Morgan fingerprint density at radius 2 is 1.60 bits per heavy atom. The normalized spacial score (nSPS) is 11.6. The smallest absolute Gasteiger partial charge is 0.335 e. The largest absolute Gasteiger partial charge is 0.479 e. The number of para-hydroxylation sites is 2. The van der Waals surface area contributed by atoms with Gasteiger partial charge in [-0.25, -0.2) is 9.78 Å². The summed E-state index contributed by atoms with van der Waals surface area (Å²) in [4.78, 5) is 29.1. The highest BCUT2D eigenvalue weighted by atomic mass is 16.5. The zero-order valence-electron chi connectivity index (χ0n) is 20.3. The number of imidazole rings is 1. The lowest BCUT2D eigenvalue weighted by molar-refractivity contribution is -0.162. The summed E-state index contributed by atoms with van der Waals surface area (Å²) in [6, 6.07) is 23.4. The average molecular weight is 471 g/mol. The second-order valence-corrected chi connectivity index (χ2v) is 9.30. The van der Waals surface area contributed by atoms with E-state index in [2.05, 4.69) is 4.98 Å². The number of carbonyl (C=O) groups is 2. The van der Waals surface area contributed by atoms with Crippen molar-refractivity contribution in [3.8, 4) is 0 Å². The van der Waals surface area contributed by atoms with Gasteiger partial charge in [-0.05, 0) is 56.9 Å². The van der Waals surface area contributed by atoms with Crippen LogP contribution in [0.25, 0.3) is 11.0 Å². The maximum Gasteiger partial charge on any atom is 0.335 e. The molecule has 1 aromatic heterocycles. The molecule has 6 heteroatoms. The molecular weight excluding hydrogens is 440 g/mol. The second kappa shape index (κ2) is 10.2. The number of ketones is 1. The van der Waals surface area contributed by atoms with Crippen molar-refractivity contribution in [2.24, 2.45) is 0 Å². The van der Waals surface area contributed by atoms with Crippen LogP contribution in [-0.2, 0) is 29.1 Å². The molecule has 4 aromatic rings. The van der Waals surface area contributed by atoms with E-state index in [1.165, 1.54) is 5.56 Å². The van der Waals surface area contributed by atoms with Crippen molar-refractivity contribution in [1.82, 2.24) is 9.55 Å². The van der Waals surface area contributed by atoms with Crippen LogP contribution in [0.2, 0.25) is 0 Å². The van der Waals surface area contributed by atoms with E-state index < -0.39 is 11.6 Å². The van der Waals surface area contributed by atoms with Crippen LogP contribution in [0.1, 0.15) is 53.1 Å². The van der Waals surface area contributed by atoms with E-state index in [-0.39, 0.29) is 12.4 Å². The molecule has 1 N–H and O–H groups in total. The molecule has 0 unspecified atom stereocenters. The Balaban J connectivity index is 1.45. The predicted octanol–water partition coefficient (Wildman–Crippen LogP) is 5.59. The van der Waals surface area contributed by atoms with Gasteiger partial charge < -0.3 is 14.4 Å². The fourth-order valence-corrected chi connectivity index (χ4v) is 3.88. The minimum absolute atomic E-state index is 0.0742. The predicted molar refractivity (Wildman–Crippen MR) is 136 cm³/mol. The SMILES string of the molecule is Cc1ccc(C(=O)c2nc3ccccc3n2CCCc2ccc(COC(C)(C)C(=O)O)cc2)cc1. The molecule has 35 heavy (non-hydrogen) atoms. The van der Waals surface area contributed by atoms with E-state index in [0.717, 1.165) is 35.0 Å². The van der Waals surface area contributed by atoms with E-state index in [1.54, 1.807) is 13.8 Å². The molecule has 0 aliphatic rings. The van der Waals surface area contributed by atoms with Gasteiger partial charge in [-0.1, -0.05) is 66.2 Å². The quantitative estimate of drug-likeness (QED) is 0.306. The number of carboxylic acids is 1. The van der Waals surface area contributed by atoms with Crippen molar-refractivity contribution in [3.05, 3.63) is 101 Å². The molecular formula is C29H30N2O4. The van der Waals surface area contributed by atoms with Crippen LogP contribution in [0.3, 0.4) is 0 Å². The van der Waals surface area contributed by atoms with Crippen molar-refractivity contribution in [3.63, 3.8) is 0 Å². The molecule has 0 radical (unpaired) electrons. The molecule has 0 bridgehead atoms. The van der Waals surface area contributed by atoms with Crippen molar-refractivity contribution >= 4 is 22.8 Å². The molecule has 1 heterocycles. The van der Waals surface area contributed by atoms with Crippen LogP contribution < -0.4 is 0 Å². The Morgan fingerprint density at radius 3 is 2.29 bits per heavy atom. The van der Waals surface area contributed by atoms with Crippen LogP contribution in [0, 0.1) is 6.92 Å². The van der Waals surface area contributed by atoms with E-state index in [1.807, 2.05) is 84.3 Å². The second-order valence-electron chi connectivity index (χ2n) is 9.30. The highest BCUT2D eigenvalue weighted by molar-refractivity contribution is 6.08. The number of nitrogens with zero attached hydrogens (tertiary/aromatic N) is 2. The van der Waals surface area contributed by atoms with Crippen LogP contribution in [0.4, 0.5) is 0 Å². The lowest BCUT2D eigenvalue weighted by Gasteiger charge is -2.20. The Morgan fingerprint density at radius 1 is 0.943 bits per heavy atom. The van der Waals surface area contributed by atoms with Gasteiger partial charge in [0.2, 0.25) is 5.78 Å². The molecule has 3 aromatic carbocycles. The average Bonchev–Trinajstić information content (AvgIpc) is 3.22. The number of benzene rings is 3. The zero-order valence-corrected chi connectivity index (χ0v) is 20.3.